The Balaban J connectivity index is 4.06. The summed E-state index contributed by atoms with van der Waals surface area (Å²) < 4.78 is 73.3. The molecule has 0 aromatic heterocycles. The van der Waals surface area contributed by atoms with Crippen molar-refractivity contribution in [2.75, 3.05) is 6.61 Å². The van der Waals surface area contributed by atoms with Gasteiger partial charge in [0.1, 0.15) is 0 Å². The number of hydrogen-bond acceptors (Lipinski definition) is 4. The number of rotatable bonds is 4. The molecule has 0 saturated carbocycles. The van der Waals surface area contributed by atoms with Gasteiger partial charge in [-0.15, -0.1) is 0 Å². The Hall–Kier alpha value is -0.410. The van der Waals surface area contributed by atoms with E-state index in [4.69, 9.17) is 0 Å². The predicted octanol–water partition coefficient (Wildman–Crippen LogP) is 1.14. The van der Waals surface area contributed by atoms with Crippen molar-refractivity contribution in [3.63, 3.8) is 0 Å². The van der Waals surface area contributed by atoms with Crippen LogP contribution in [0.2, 0.25) is 0 Å². The van der Waals surface area contributed by atoms with Crippen LogP contribution in [0.4, 0.5) is 17.6 Å². The third-order valence-corrected chi connectivity index (χ3v) is 1.52. The Labute approximate surface area is 71.8 Å². The van der Waals surface area contributed by atoms with Crippen molar-refractivity contribution < 1.29 is 34.3 Å². The summed E-state index contributed by atoms with van der Waals surface area (Å²) >= 11 is 0. The highest BCUT2D eigenvalue weighted by Crippen LogP contribution is 2.16. The van der Waals surface area contributed by atoms with Crippen molar-refractivity contribution in [2.24, 2.45) is 0 Å². The highest BCUT2D eigenvalue weighted by atomic mass is 32.3. The van der Waals surface area contributed by atoms with Crippen LogP contribution in [0, 0.1) is 0 Å². The zero-order valence-corrected chi connectivity index (χ0v) is 7.15. The quantitative estimate of drug-likeness (QED) is 0.674. The summed E-state index contributed by atoms with van der Waals surface area (Å²) in [6, 6.07) is 0. The van der Waals surface area contributed by atoms with Gasteiger partial charge in [0.25, 0.3) is 0 Å². The number of hydrogen-bond donors (Lipinski definition) is 0. The Kier molecular flexibility index (Phi) is 4.07. The van der Waals surface area contributed by atoms with Gasteiger partial charge in [0.2, 0.25) is 6.36 Å². The van der Waals surface area contributed by atoms with E-state index in [0.717, 1.165) is 0 Å². The molecular formula is C4H6F4O4S. The second-order valence-electron chi connectivity index (χ2n) is 1.92. The lowest BCUT2D eigenvalue weighted by molar-refractivity contribution is -0.155. The molecule has 0 radical (unpaired) electrons. The van der Waals surface area contributed by atoms with Gasteiger partial charge in [-0.1, -0.05) is 0 Å². The van der Waals surface area contributed by atoms with Crippen molar-refractivity contribution in [2.45, 2.75) is 19.5 Å². The van der Waals surface area contributed by atoms with Crippen LogP contribution in [0.3, 0.4) is 0 Å². The zero-order valence-electron chi connectivity index (χ0n) is 6.34. The average Bonchev–Trinajstić information content (AvgIpc) is 1.79. The molecule has 1 atom stereocenters. The van der Waals surface area contributed by atoms with E-state index in [0.29, 0.717) is 6.92 Å². The Bertz CT molecular complexity index is 243. The van der Waals surface area contributed by atoms with Gasteiger partial charge in [-0.3, -0.25) is 0 Å². The third-order valence-electron chi connectivity index (χ3n) is 0.617. The van der Waals surface area contributed by atoms with Gasteiger partial charge in [-0.05, 0) is 6.92 Å². The molecule has 0 amide bonds. The van der Waals surface area contributed by atoms with Crippen LogP contribution in [-0.4, -0.2) is 27.6 Å². The molecule has 9 heteroatoms. The van der Waals surface area contributed by atoms with Crippen molar-refractivity contribution in [1.29, 1.82) is 0 Å². The molecule has 0 aliphatic rings. The average molecular weight is 226 g/mol. The standard InChI is InChI=1S/C4H6F4O4S/c1-3(5)12-13(9,10)11-2-4(6,7)8/h3H,2H2,1H3. The monoisotopic (exact) mass is 226 g/mol. The molecule has 4 nitrogen and oxygen atoms in total. The lowest BCUT2D eigenvalue weighted by Gasteiger charge is -2.08. The third kappa shape index (κ3) is 7.94. The van der Waals surface area contributed by atoms with E-state index in [1.807, 2.05) is 0 Å². The minimum absolute atomic E-state index is 0.689. The van der Waals surface area contributed by atoms with Crippen molar-refractivity contribution in [1.82, 2.24) is 0 Å². The maximum absolute atomic E-state index is 11.9. The molecule has 0 aliphatic carbocycles. The molecule has 0 heterocycles. The molecule has 0 bridgehead atoms. The van der Waals surface area contributed by atoms with Gasteiger partial charge >= 0.3 is 16.6 Å². The minimum atomic E-state index is -4.91. The van der Waals surface area contributed by atoms with E-state index in [-0.39, 0.29) is 0 Å². The van der Waals surface area contributed by atoms with Crippen LogP contribution < -0.4 is 0 Å². The van der Waals surface area contributed by atoms with E-state index < -0.39 is 29.5 Å². The molecule has 0 aromatic rings. The molecular weight excluding hydrogens is 220 g/mol. The molecule has 0 aliphatic heterocycles. The second kappa shape index (κ2) is 4.20. The first-order valence-corrected chi connectivity index (χ1v) is 4.24. The van der Waals surface area contributed by atoms with E-state index in [1.165, 1.54) is 0 Å². The van der Waals surface area contributed by atoms with E-state index in [9.17, 15) is 26.0 Å². The SMILES string of the molecule is CC(F)OS(=O)(=O)OCC(F)(F)F. The summed E-state index contributed by atoms with van der Waals surface area (Å²) in [5.41, 5.74) is 0. The molecule has 13 heavy (non-hydrogen) atoms. The maximum atomic E-state index is 11.9. The Morgan fingerprint density at radius 2 is 1.85 bits per heavy atom. The topological polar surface area (TPSA) is 52.6 Å². The largest absolute Gasteiger partial charge is 0.413 e. The first-order chi connectivity index (χ1) is 5.62. The van der Waals surface area contributed by atoms with E-state index in [2.05, 4.69) is 8.37 Å². The van der Waals surface area contributed by atoms with Crippen molar-refractivity contribution in [3.05, 3.63) is 0 Å². The fourth-order valence-electron chi connectivity index (χ4n) is 0.329. The lowest BCUT2D eigenvalue weighted by atomic mass is 10.7. The van der Waals surface area contributed by atoms with Crippen molar-refractivity contribution in [3.8, 4) is 0 Å². The number of halogens is 4. The molecule has 0 aromatic carbocycles. The molecule has 0 rings (SSSR count). The molecule has 0 saturated heterocycles. The fourth-order valence-corrected chi connectivity index (χ4v) is 0.987. The normalized spacial score (nSPS) is 15.8. The van der Waals surface area contributed by atoms with E-state index in [1.54, 1.807) is 0 Å². The van der Waals surface area contributed by atoms with Crippen molar-refractivity contribution >= 4 is 10.4 Å². The summed E-state index contributed by atoms with van der Waals surface area (Å²) in [5, 5.41) is 0. The summed E-state index contributed by atoms with van der Waals surface area (Å²) in [6.07, 6.45) is -7.06. The highest BCUT2D eigenvalue weighted by molar-refractivity contribution is 7.81. The summed E-state index contributed by atoms with van der Waals surface area (Å²) in [6.45, 7) is -1.35. The van der Waals surface area contributed by atoms with Crippen LogP contribution >= 0.6 is 0 Å². The van der Waals surface area contributed by atoms with Gasteiger partial charge < -0.3 is 0 Å². The molecule has 0 fully saturated rings. The first kappa shape index (κ1) is 12.6. The lowest BCUT2D eigenvalue weighted by Crippen LogP contribution is -2.23. The number of alkyl halides is 4. The van der Waals surface area contributed by atoms with Gasteiger partial charge in [-0.2, -0.15) is 21.6 Å². The van der Waals surface area contributed by atoms with Crippen LogP contribution in [0.1, 0.15) is 6.92 Å². The predicted molar refractivity (Wildman–Crippen MR) is 32.6 cm³/mol. The fraction of sp³-hybridized carbons (Fsp3) is 1.00. The summed E-state index contributed by atoms with van der Waals surface area (Å²) in [7, 11) is -4.91. The maximum Gasteiger partial charge on any atom is 0.413 e. The van der Waals surface area contributed by atoms with Crippen LogP contribution in [-0.2, 0) is 18.8 Å². The minimum Gasteiger partial charge on any atom is -0.239 e. The summed E-state index contributed by atoms with van der Waals surface area (Å²) in [4.78, 5) is 0. The smallest absolute Gasteiger partial charge is 0.239 e. The van der Waals surface area contributed by atoms with Gasteiger partial charge in [-0.25, -0.2) is 12.8 Å². The molecule has 0 spiro atoms. The Morgan fingerprint density at radius 1 is 1.38 bits per heavy atom. The van der Waals surface area contributed by atoms with Crippen LogP contribution in [0.5, 0.6) is 0 Å². The van der Waals surface area contributed by atoms with Gasteiger partial charge in [0, 0.05) is 0 Å². The molecule has 1 unspecified atom stereocenters. The highest BCUT2D eigenvalue weighted by Gasteiger charge is 2.31. The summed E-state index contributed by atoms with van der Waals surface area (Å²) in [5.74, 6) is 0. The Morgan fingerprint density at radius 3 is 2.15 bits per heavy atom. The second-order valence-corrected chi connectivity index (χ2v) is 3.17. The molecule has 0 N–H and O–H groups in total. The van der Waals surface area contributed by atoms with Crippen LogP contribution in [0.15, 0.2) is 0 Å². The van der Waals surface area contributed by atoms with Gasteiger partial charge in [0.05, 0.1) is 0 Å². The first-order valence-electron chi connectivity index (χ1n) is 2.91. The zero-order chi connectivity index (χ0) is 10.7. The van der Waals surface area contributed by atoms with Crippen LogP contribution in [0.25, 0.3) is 0 Å². The van der Waals surface area contributed by atoms with Gasteiger partial charge in [0.15, 0.2) is 6.61 Å². The van der Waals surface area contributed by atoms with E-state index >= 15 is 0 Å². The molecule has 80 valence electrons.